The fraction of sp³-hybridized carbons (Fsp3) is 0.579. The van der Waals surface area contributed by atoms with Crippen LogP contribution in [0.5, 0.6) is 0 Å². The van der Waals surface area contributed by atoms with Crippen LogP contribution in [-0.4, -0.2) is 35.6 Å². The van der Waals surface area contributed by atoms with Gasteiger partial charge in [0.25, 0.3) is 5.91 Å². The summed E-state index contributed by atoms with van der Waals surface area (Å²) in [4.78, 5) is 25.9. The first-order chi connectivity index (χ1) is 11.3. The number of hydrogen-bond acceptors (Lipinski definition) is 3. The maximum absolute atomic E-state index is 12.4. The van der Waals surface area contributed by atoms with Gasteiger partial charge in [-0.15, -0.1) is 0 Å². The summed E-state index contributed by atoms with van der Waals surface area (Å²) in [7, 11) is 0. The van der Waals surface area contributed by atoms with Gasteiger partial charge in [0.2, 0.25) is 5.91 Å². The van der Waals surface area contributed by atoms with Crippen LogP contribution in [0.4, 0.5) is 5.69 Å². The Bertz CT molecular complexity index is 596. The Labute approximate surface area is 144 Å². The number of aliphatic hydroxyl groups is 1. The first kappa shape index (κ1) is 18.5. The van der Waals surface area contributed by atoms with E-state index in [-0.39, 0.29) is 18.4 Å². The van der Waals surface area contributed by atoms with Gasteiger partial charge in [0.15, 0.2) is 0 Å². The fourth-order valence-electron chi connectivity index (χ4n) is 2.80. The van der Waals surface area contributed by atoms with Crippen molar-refractivity contribution >= 4 is 17.5 Å². The van der Waals surface area contributed by atoms with E-state index in [1.54, 1.807) is 30.0 Å². The van der Waals surface area contributed by atoms with Gasteiger partial charge in [0.1, 0.15) is 0 Å². The summed E-state index contributed by atoms with van der Waals surface area (Å²) < 4.78 is 0. The minimum absolute atomic E-state index is 0.101. The van der Waals surface area contributed by atoms with Crippen LogP contribution < -0.4 is 10.2 Å². The van der Waals surface area contributed by atoms with E-state index in [2.05, 4.69) is 19.2 Å². The zero-order valence-electron chi connectivity index (χ0n) is 14.8. The molecule has 1 heterocycles. The first-order valence-corrected chi connectivity index (χ1v) is 8.69. The van der Waals surface area contributed by atoms with Crippen molar-refractivity contribution in [2.24, 2.45) is 5.92 Å². The maximum Gasteiger partial charge on any atom is 0.251 e. The highest BCUT2D eigenvalue weighted by Crippen LogP contribution is 2.22. The monoisotopic (exact) mass is 332 g/mol. The van der Waals surface area contributed by atoms with Gasteiger partial charge in [0, 0.05) is 30.8 Å². The lowest BCUT2D eigenvalue weighted by Crippen LogP contribution is -2.40. The van der Waals surface area contributed by atoms with Crippen LogP contribution in [0.2, 0.25) is 0 Å². The largest absolute Gasteiger partial charge is 0.388 e. The van der Waals surface area contributed by atoms with Gasteiger partial charge in [-0.05, 0) is 50.3 Å². The molecule has 1 aromatic rings. The maximum atomic E-state index is 12.4. The van der Waals surface area contributed by atoms with Gasteiger partial charge in [-0.2, -0.15) is 0 Å². The molecule has 2 rings (SSSR count). The summed E-state index contributed by atoms with van der Waals surface area (Å²) in [5, 5.41) is 13.2. The molecule has 1 fully saturated rings. The summed E-state index contributed by atoms with van der Waals surface area (Å²) in [6.07, 6.45) is 2.98. The molecule has 0 bridgehead atoms. The van der Waals surface area contributed by atoms with E-state index in [1.165, 1.54) is 0 Å². The zero-order valence-corrected chi connectivity index (χ0v) is 14.8. The zero-order chi connectivity index (χ0) is 17.7. The number of benzene rings is 1. The molecule has 132 valence electrons. The number of carbonyl (C=O) groups is 2. The SMILES string of the molecule is CC(C)CCC(C)(O)CNC(=O)c1cccc(N2CCCC2=O)c1. The molecular weight excluding hydrogens is 304 g/mol. The van der Waals surface area contributed by atoms with Crippen LogP contribution in [0, 0.1) is 5.92 Å². The van der Waals surface area contributed by atoms with E-state index in [1.807, 2.05) is 6.07 Å². The van der Waals surface area contributed by atoms with Crippen molar-refractivity contribution in [3.05, 3.63) is 29.8 Å². The topological polar surface area (TPSA) is 69.6 Å². The molecule has 2 N–H and O–H groups in total. The van der Waals surface area contributed by atoms with Gasteiger partial charge < -0.3 is 15.3 Å². The van der Waals surface area contributed by atoms with Crippen LogP contribution in [0.1, 0.15) is 56.8 Å². The molecule has 1 atom stereocenters. The van der Waals surface area contributed by atoms with Crippen LogP contribution >= 0.6 is 0 Å². The molecule has 1 aliphatic rings. The Morgan fingerprint density at radius 1 is 1.42 bits per heavy atom. The van der Waals surface area contributed by atoms with E-state index in [9.17, 15) is 14.7 Å². The molecule has 24 heavy (non-hydrogen) atoms. The molecule has 5 nitrogen and oxygen atoms in total. The molecule has 1 aromatic carbocycles. The number of amides is 2. The second kappa shape index (κ2) is 7.79. The van der Waals surface area contributed by atoms with Crippen LogP contribution in [0.15, 0.2) is 24.3 Å². The Kier molecular flexibility index (Phi) is 5.99. The fourth-order valence-corrected chi connectivity index (χ4v) is 2.80. The van der Waals surface area contributed by atoms with Gasteiger partial charge in [0.05, 0.1) is 5.60 Å². The number of anilines is 1. The molecular formula is C19H28N2O3. The number of nitrogens with zero attached hydrogens (tertiary/aromatic N) is 1. The normalized spacial score (nSPS) is 17.2. The van der Waals surface area contributed by atoms with Gasteiger partial charge in [-0.3, -0.25) is 9.59 Å². The average Bonchev–Trinajstić information content (AvgIpc) is 2.97. The minimum atomic E-state index is -0.914. The highest BCUT2D eigenvalue weighted by atomic mass is 16.3. The van der Waals surface area contributed by atoms with Crippen molar-refractivity contribution in [2.75, 3.05) is 18.0 Å². The molecule has 0 aliphatic carbocycles. The lowest BCUT2D eigenvalue weighted by atomic mass is 9.95. The van der Waals surface area contributed by atoms with Gasteiger partial charge in [-0.25, -0.2) is 0 Å². The van der Waals surface area contributed by atoms with Crippen molar-refractivity contribution in [1.82, 2.24) is 5.32 Å². The lowest BCUT2D eigenvalue weighted by molar-refractivity contribution is -0.117. The van der Waals surface area contributed by atoms with Crippen LogP contribution in [0.25, 0.3) is 0 Å². The van der Waals surface area contributed by atoms with Crippen LogP contribution in [0.3, 0.4) is 0 Å². The molecule has 5 heteroatoms. The third-order valence-electron chi connectivity index (χ3n) is 4.38. The lowest BCUT2D eigenvalue weighted by Gasteiger charge is -2.24. The second-order valence-electron chi connectivity index (χ2n) is 7.31. The van der Waals surface area contributed by atoms with Gasteiger partial charge >= 0.3 is 0 Å². The number of hydrogen-bond donors (Lipinski definition) is 2. The van der Waals surface area contributed by atoms with Crippen molar-refractivity contribution < 1.29 is 14.7 Å². The predicted octanol–water partition coefficient (Wildman–Crippen LogP) is 2.73. The van der Waals surface area contributed by atoms with E-state index in [0.29, 0.717) is 30.9 Å². The van der Waals surface area contributed by atoms with E-state index in [0.717, 1.165) is 18.5 Å². The molecule has 2 amide bonds. The highest BCUT2D eigenvalue weighted by Gasteiger charge is 2.24. The molecule has 0 spiro atoms. The van der Waals surface area contributed by atoms with Crippen molar-refractivity contribution in [2.45, 2.75) is 52.1 Å². The molecule has 1 aliphatic heterocycles. The summed E-state index contributed by atoms with van der Waals surface area (Å²) in [5.41, 5.74) is 0.353. The molecule has 0 saturated carbocycles. The molecule has 0 radical (unpaired) electrons. The summed E-state index contributed by atoms with van der Waals surface area (Å²) in [5.74, 6) is 0.388. The Morgan fingerprint density at radius 2 is 2.17 bits per heavy atom. The smallest absolute Gasteiger partial charge is 0.251 e. The molecule has 1 saturated heterocycles. The second-order valence-corrected chi connectivity index (χ2v) is 7.31. The van der Waals surface area contributed by atoms with E-state index < -0.39 is 5.60 Å². The standard InChI is InChI=1S/C19H28N2O3/c1-14(2)9-10-19(3,24)13-20-18(23)15-6-4-7-16(12-15)21-11-5-8-17(21)22/h4,6-7,12,14,24H,5,8-11,13H2,1-3H3,(H,20,23). The highest BCUT2D eigenvalue weighted by molar-refractivity contribution is 5.99. The summed E-state index contributed by atoms with van der Waals surface area (Å²) in [6, 6.07) is 7.09. The Morgan fingerprint density at radius 3 is 2.79 bits per heavy atom. The minimum Gasteiger partial charge on any atom is -0.388 e. The quantitative estimate of drug-likeness (QED) is 0.806. The van der Waals surface area contributed by atoms with Crippen molar-refractivity contribution in [3.63, 3.8) is 0 Å². The van der Waals surface area contributed by atoms with E-state index in [4.69, 9.17) is 0 Å². The summed E-state index contributed by atoms with van der Waals surface area (Å²) >= 11 is 0. The number of rotatable bonds is 7. The number of carbonyl (C=O) groups excluding carboxylic acids is 2. The first-order valence-electron chi connectivity index (χ1n) is 8.69. The Balaban J connectivity index is 1.96. The predicted molar refractivity (Wildman–Crippen MR) is 95.1 cm³/mol. The summed E-state index contributed by atoms with van der Waals surface area (Å²) in [6.45, 7) is 6.88. The molecule has 0 aromatic heterocycles. The number of nitrogens with one attached hydrogen (secondary N) is 1. The van der Waals surface area contributed by atoms with Crippen molar-refractivity contribution in [3.8, 4) is 0 Å². The van der Waals surface area contributed by atoms with Gasteiger partial charge in [-0.1, -0.05) is 19.9 Å². The third-order valence-corrected chi connectivity index (χ3v) is 4.38. The third kappa shape index (κ3) is 5.06. The van der Waals surface area contributed by atoms with Crippen molar-refractivity contribution in [1.29, 1.82) is 0 Å². The van der Waals surface area contributed by atoms with Crippen LogP contribution in [-0.2, 0) is 4.79 Å². The van der Waals surface area contributed by atoms with E-state index >= 15 is 0 Å². The molecule has 1 unspecified atom stereocenters. The Hall–Kier alpha value is -1.88. The average molecular weight is 332 g/mol.